The highest BCUT2D eigenvalue weighted by Crippen LogP contribution is 1.99. The molecular weight excluding hydrogens is 198 g/mol. The first-order valence-corrected chi connectivity index (χ1v) is 5.79. The number of hydroxylamine groups is 1. The minimum absolute atomic E-state index is 0.443. The van der Waals surface area contributed by atoms with Gasteiger partial charge in [0.25, 0.3) is 0 Å². The zero-order valence-electron chi connectivity index (χ0n) is 9.80. The van der Waals surface area contributed by atoms with Crippen LogP contribution in [0.2, 0.25) is 0 Å². The minimum atomic E-state index is 0.443. The fourth-order valence-corrected chi connectivity index (χ4v) is 1.43. The molecule has 0 spiro atoms. The van der Waals surface area contributed by atoms with E-state index in [2.05, 4.69) is 19.1 Å². The van der Waals surface area contributed by atoms with Crippen molar-refractivity contribution in [2.75, 3.05) is 0 Å². The molecule has 0 amide bonds. The molecule has 0 heterocycles. The summed E-state index contributed by atoms with van der Waals surface area (Å²) < 4.78 is 1.01. The van der Waals surface area contributed by atoms with Gasteiger partial charge in [0.05, 0.1) is 0 Å². The molecule has 0 aliphatic rings. The van der Waals surface area contributed by atoms with Gasteiger partial charge in [0.1, 0.15) is 0 Å². The number of hydrogen-bond acceptors (Lipinski definition) is 1. The third-order valence-electron chi connectivity index (χ3n) is 2.25. The Bertz CT molecular complexity index is 341. The van der Waals surface area contributed by atoms with Crippen molar-refractivity contribution in [3.63, 3.8) is 0 Å². The lowest BCUT2D eigenvalue weighted by Crippen LogP contribution is -2.04. The van der Waals surface area contributed by atoms with E-state index >= 15 is 0 Å². The molecule has 0 aromatic heterocycles. The number of hydrogen-bond donors (Lipinski definition) is 0. The van der Waals surface area contributed by atoms with E-state index < -0.39 is 0 Å². The largest absolute Gasteiger partial charge is 0.624 e. The second-order valence-electron chi connectivity index (χ2n) is 3.70. The van der Waals surface area contributed by atoms with E-state index in [-0.39, 0.29) is 0 Å². The zero-order valence-corrected chi connectivity index (χ0v) is 9.80. The van der Waals surface area contributed by atoms with Gasteiger partial charge in [-0.3, -0.25) is 0 Å². The maximum absolute atomic E-state index is 11.5. The molecule has 0 N–H and O–H groups in total. The van der Waals surface area contributed by atoms with Crippen LogP contribution in [-0.2, 0) is 6.54 Å². The summed E-state index contributed by atoms with van der Waals surface area (Å²) in [7, 11) is 0. The van der Waals surface area contributed by atoms with Crippen molar-refractivity contribution in [3.05, 3.63) is 53.3 Å². The maximum Gasteiger partial charge on any atom is 0.178 e. The van der Waals surface area contributed by atoms with Crippen molar-refractivity contribution in [3.8, 4) is 0 Å². The summed E-state index contributed by atoms with van der Waals surface area (Å²) in [6.45, 7) is 2.55. The van der Waals surface area contributed by atoms with E-state index in [1.165, 1.54) is 0 Å². The van der Waals surface area contributed by atoms with Gasteiger partial charge in [0.2, 0.25) is 0 Å². The zero-order chi connectivity index (χ0) is 11.6. The summed E-state index contributed by atoms with van der Waals surface area (Å²) >= 11 is 0. The fourth-order valence-electron chi connectivity index (χ4n) is 1.43. The molecule has 0 bridgehead atoms. The van der Waals surface area contributed by atoms with Crippen molar-refractivity contribution in [1.29, 1.82) is 0 Å². The second kappa shape index (κ2) is 7.69. The van der Waals surface area contributed by atoms with E-state index in [0.717, 1.165) is 29.6 Å². The van der Waals surface area contributed by atoms with Gasteiger partial charge in [-0.2, -0.15) is 0 Å². The van der Waals surface area contributed by atoms with Crippen molar-refractivity contribution in [2.45, 2.75) is 32.7 Å². The Labute approximate surface area is 97.5 Å². The standard InChI is InChI=1S/C14H19NO/c1-2-3-4-5-9-12-15(16)13-14-10-7-6-8-11-14/h3-4,6-8,10-12H,2,5,9,13H2,1H3. The smallest absolute Gasteiger partial charge is 0.178 e. The molecule has 1 aromatic rings. The van der Waals surface area contributed by atoms with Crippen LogP contribution < -0.4 is 0 Å². The van der Waals surface area contributed by atoms with Crippen LogP contribution in [-0.4, -0.2) is 11.0 Å². The highest BCUT2D eigenvalue weighted by molar-refractivity contribution is 5.51. The third-order valence-corrected chi connectivity index (χ3v) is 2.25. The van der Waals surface area contributed by atoms with E-state index in [1.54, 1.807) is 6.21 Å². The van der Waals surface area contributed by atoms with Gasteiger partial charge < -0.3 is 5.21 Å². The molecule has 1 aromatic carbocycles. The first-order valence-electron chi connectivity index (χ1n) is 5.79. The molecule has 0 radical (unpaired) electrons. The fraction of sp³-hybridized carbons (Fsp3) is 0.357. The van der Waals surface area contributed by atoms with Crippen LogP contribution in [0.5, 0.6) is 0 Å². The lowest BCUT2D eigenvalue weighted by atomic mass is 10.2. The molecule has 86 valence electrons. The molecule has 0 aliphatic heterocycles. The molecule has 0 atom stereocenters. The summed E-state index contributed by atoms with van der Waals surface area (Å²) in [5.74, 6) is 0. The Balaban J connectivity index is 2.32. The lowest BCUT2D eigenvalue weighted by molar-refractivity contribution is -0.471. The van der Waals surface area contributed by atoms with Gasteiger partial charge in [-0.15, -0.1) is 0 Å². The Morgan fingerprint density at radius 2 is 1.88 bits per heavy atom. The molecular formula is C14H19NO. The summed E-state index contributed by atoms with van der Waals surface area (Å²) in [4.78, 5) is 0. The van der Waals surface area contributed by atoms with Crippen LogP contribution in [0, 0.1) is 5.21 Å². The molecule has 0 saturated carbocycles. The van der Waals surface area contributed by atoms with E-state index in [4.69, 9.17) is 0 Å². The highest BCUT2D eigenvalue weighted by Gasteiger charge is 1.95. The van der Waals surface area contributed by atoms with Crippen LogP contribution in [0.25, 0.3) is 0 Å². The van der Waals surface area contributed by atoms with Crippen molar-refractivity contribution in [1.82, 2.24) is 0 Å². The number of nitrogens with zero attached hydrogens (tertiary/aromatic N) is 1. The van der Waals surface area contributed by atoms with Crippen molar-refractivity contribution >= 4 is 6.21 Å². The SMILES string of the molecule is CCC=CCCC=[N+]([O-])Cc1ccccc1. The maximum atomic E-state index is 11.5. The summed E-state index contributed by atoms with van der Waals surface area (Å²) in [5, 5.41) is 11.5. The third kappa shape index (κ3) is 5.35. The van der Waals surface area contributed by atoms with Crippen LogP contribution in [0.15, 0.2) is 42.5 Å². The number of allylic oxidation sites excluding steroid dienone is 2. The molecule has 2 heteroatoms. The Morgan fingerprint density at radius 3 is 2.56 bits per heavy atom. The predicted molar refractivity (Wildman–Crippen MR) is 68.5 cm³/mol. The number of unbranched alkanes of at least 4 members (excludes halogenated alkanes) is 1. The van der Waals surface area contributed by atoms with Crippen LogP contribution in [0.1, 0.15) is 31.7 Å². The van der Waals surface area contributed by atoms with Gasteiger partial charge in [-0.1, -0.05) is 49.4 Å². The number of rotatable bonds is 6. The van der Waals surface area contributed by atoms with Crippen LogP contribution >= 0.6 is 0 Å². The van der Waals surface area contributed by atoms with E-state index in [1.807, 2.05) is 30.3 Å². The molecule has 0 saturated heterocycles. The van der Waals surface area contributed by atoms with Gasteiger partial charge in [-0.05, 0) is 12.8 Å². The normalized spacial score (nSPS) is 12.2. The quantitative estimate of drug-likeness (QED) is 0.179. The van der Waals surface area contributed by atoms with E-state index in [0.29, 0.717) is 6.54 Å². The van der Waals surface area contributed by atoms with Gasteiger partial charge in [0.15, 0.2) is 12.8 Å². The Hall–Kier alpha value is -1.57. The molecule has 0 unspecified atom stereocenters. The monoisotopic (exact) mass is 217 g/mol. The van der Waals surface area contributed by atoms with E-state index in [9.17, 15) is 5.21 Å². The lowest BCUT2D eigenvalue weighted by Gasteiger charge is -2.03. The average molecular weight is 217 g/mol. The first-order chi connectivity index (χ1) is 7.83. The second-order valence-corrected chi connectivity index (χ2v) is 3.70. The molecule has 0 fully saturated rings. The highest BCUT2D eigenvalue weighted by atomic mass is 16.5. The van der Waals surface area contributed by atoms with Gasteiger partial charge >= 0.3 is 0 Å². The van der Waals surface area contributed by atoms with Crippen molar-refractivity contribution < 1.29 is 4.74 Å². The minimum Gasteiger partial charge on any atom is -0.624 e. The summed E-state index contributed by atoms with van der Waals surface area (Å²) in [6.07, 6.45) is 8.78. The van der Waals surface area contributed by atoms with Crippen molar-refractivity contribution in [2.24, 2.45) is 0 Å². The van der Waals surface area contributed by atoms with Crippen LogP contribution in [0.4, 0.5) is 0 Å². The summed E-state index contributed by atoms with van der Waals surface area (Å²) in [5.41, 5.74) is 1.05. The Kier molecular flexibility index (Phi) is 6.00. The molecule has 1 rings (SSSR count). The average Bonchev–Trinajstić information content (AvgIpc) is 2.30. The Morgan fingerprint density at radius 1 is 1.12 bits per heavy atom. The van der Waals surface area contributed by atoms with Gasteiger partial charge in [0, 0.05) is 12.0 Å². The topological polar surface area (TPSA) is 26.1 Å². The first kappa shape index (κ1) is 12.5. The van der Waals surface area contributed by atoms with Gasteiger partial charge in [-0.25, -0.2) is 4.74 Å². The van der Waals surface area contributed by atoms with Crippen LogP contribution in [0.3, 0.4) is 0 Å². The molecule has 2 nitrogen and oxygen atoms in total. The predicted octanol–water partition coefficient (Wildman–Crippen LogP) is 3.51. The number of benzene rings is 1. The molecule has 16 heavy (non-hydrogen) atoms. The molecule has 0 aliphatic carbocycles. The summed E-state index contributed by atoms with van der Waals surface area (Å²) in [6, 6.07) is 9.80.